The number of hydrogen-bond donors (Lipinski definition) is 2. The van der Waals surface area contributed by atoms with Crippen molar-refractivity contribution in [2.45, 2.75) is 37.8 Å². The van der Waals surface area contributed by atoms with Crippen LogP contribution in [0.2, 0.25) is 0 Å². The van der Waals surface area contributed by atoms with Crippen LogP contribution in [0.25, 0.3) is 26.3 Å². The highest BCUT2D eigenvalue weighted by Gasteiger charge is 2.20. The summed E-state index contributed by atoms with van der Waals surface area (Å²) in [6.07, 6.45) is 5.43. The molecule has 5 nitrogen and oxygen atoms in total. The lowest BCUT2D eigenvalue weighted by Gasteiger charge is -2.26. The van der Waals surface area contributed by atoms with Crippen molar-refractivity contribution in [3.8, 4) is 10.6 Å². The number of imidazole rings is 1. The van der Waals surface area contributed by atoms with Crippen LogP contribution in [0.5, 0.6) is 0 Å². The van der Waals surface area contributed by atoms with Crippen LogP contribution >= 0.6 is 11.3 Å². The number of nitrogens with zero attached hydrogens (tertiary/aromatic N) is 3. The van der Waals surface area contributed by atoms with E-state index >= 15 is 0 Å². The van der Waals surface area contributed by atoms with Gasteiger partial charge in [0.2, 0.25) is 0 Å². The van der Waals surface area contributed by atoms with Gasteiger partial charge in [0.05, 0.1) is 17.2 Å². The third-order valence-corrected chi connectivity index (χ3v) is 6.23. The Bertz CT molecular complexity index is 1030. The number of anilines is 1. The Morgan fingerprint density at radius 3 is 2.77 bits per heavy atom. The number of fused-ring (bicyclic) bond motifs is 2. The van der Waals surface area contributed by atoms with Crippen LogP contribution in [0.4, 0.5) is 5.82 Å². The molecule has 26 heavy (non-hydrogen) atoms. The maximum Gasteiger partial charge on any atom is 0.154 e. The summed E-state index contributed by atoms with van der Waals surface area (Å²) in [6, 6.07) is 15.0. The summed E-state index contributed by atoms with van der Waals surface area (Å²) < 4.78 is 3.19. The van der Waals surface area contributed by atoms with E-state index in [4.69, 9.17) is 5.10 Å². The van der Waals surface area contributed by atoms with Gasteiger partial charge in [0.15, 0.2) is 5.65 Å². The number of rotatable bonds is 3. The second-order valence-electron chi connectivity index (χ2n) is 6.93. The molecule has 0 spiro atoms. The van der Waals surface area contributed by atoms with E-state index in [9.17, 15) is 5.11 Å². The molecular formula is C20H20N4OS. The molecule has 1 aromatic carbocycles. The minimum absolute atomic E-state index is 0.142. The van der Waals surface area contributed by atoms with Crippen LogP contribution < -0.4 is 5.32 Å². The molecule has 0 radical (unpaired) electrons. The summed E-state index contributed by atoms with van der Waals surface area (Å²) in [5, 5.41) is 19.2. The fraction of sp³-hybridized carbons (Fsp3) is 0.300. The predicted octanol–water partition coefficient (Wildman–Crippen LogP) is 4.33. The fourth-order valence-corrected chi connectivity index (χ4v) is 4.71. The van der Waals surface area contributed by atoms with Crippen molar-refractivity contribution >= 4 is 32.9 Å². The maximum atomic E-state index is 9.67. The van der Waals surface area contributed by atoms with Crippen molar-refractivity contribution in [2.24, 2.45) is 0 Å². The number of thiophene rings is 1. The smallest absolute Gasteiger partial charge is 0.154 e. The first kappa shape index (κ1) is 15.8. The second kappa shape index (κ2) is 6.37. The van der Waals surface area contributed by atoms with Gasteiger partial charge in [-0.25, -0.2) is 9.50 Å². The van der Waals surface area contributed by atoms with E-state index in [2.05, 4.69) is 40.6 Å². The standard InChI is InChI=1S/C20H20N4OS/c25-15-7-5-14(6-8-15)22-19-9-10-20-21-12-16(24(20)23-19)18-11-13-3-1-2-4-17(13)26-18/h1-4,9-12,14-15,25H,5-8H2,(H,22,23)/t14-,15-. The summed E-state index contributed by atoms with van der Waals surface area (Å²) in [6.45, 7) is 0. The molecule has 1 saturated carbocycles. The average molecular weight is 364 g/mol. The van der Waals surface area contributed by atoms with Gasteiger partial charge in [0.1, 0.15) is 11.5 Å². The van der Waals surface area contributed by atoms with Crippen molar-refractivity contribution in [2.75, 3.05) is 5.32 Å². The highest BCUT2D eigenvalue weighted by atomic mass is 32.1. The van der Waals surface area contributed by atoms with Crippen molar-refractivity contribution in [1.29, 1.82) is 0 Å². The van der Waals surface area contributed by atoms with E-state index in [-0.39, 0.29) is 6.10 Å². The first-order chi connectivity index (χ1) is 12.8. The van der Waals surface area contributed by atoms with Gasteiger partial charge in [0, 0.05) is 10.7 Å². The normalized spacial score (nSPS) is 20.7. The van der Waals surface area contributed by atoms with E-state index in [0.717, 1.165) is 42.8 Å². The van der Waals surface area contributed by atoms with E-state index in [1.54, 1.807) is 11.3 Å². The Kier molecular flexibility index (Phi) is 3.87. The van der Waals surface area contributed by atoms with E-state index < -0.39 is 0 Å². The lowest BCUT2D eigenvalue weighted by molar-refractivity contribution is 0.126. The number of nitrogens with one attached hydrogen (secondary N) is 1. The molecule has 0 saturated heterocycles. The van der Waals surface area contributed by atoms with Crippen LogP contribution in [0.3, 0.4) is 0 Å². The van der Waals surface area contributed by atoms with Gasteiger partial charge in [-0.05, 0) is 55.3 Å². The molecule has 3 heterocycles. The zero-order chi connectivity index (χ0) is 17.5. The largest absolute Gasteiger partial charge is 0.393 e. The molecule has 0 atom stereocenters. The van der Waals surface area contributed by atoms with Crippen LogP contribution in [0.1, 0.15) is 25.7 Å². The number of benzene rings is 1. The highest BCUT2D eigenvalue weighted by molar-refractivity contribution is 7.22. The topological polar surface area (TPSA) is 62.5 Å². The number of aliphatic hydroxyl groups excluding tert-OH is 1. The lowest BCUT2D eigenvalue weighted by Crippen LogP contribution is -2.28. The van der Waals surface area contributed by atoms with Gasteiger partial charge in [-0.2, -0.15) is 0 Å². The maximum absolute atomic E-state index is 9.67. The molecule has 2 N–H and O–H groups in total. The number of aromatic nitrogens is 3. The van der Waals surface area contributed by atoms with Crippen molar-refractivity contribution in [3.05, 3.63) is 48.7 Å². The Hall–Kier alpha value is -2.44. The molecule has 0 aliphatic heterocycles. The summed E-state index contributed by atoms with van der Waals surface area (Å²) in [5.74, 6) is 0.860. The van der Waals surface area contributed by atoms with Crippen LogP contribution in [0.15, 0.2) is 48.7 Å². The molecule has 5 rings (SSSR count). The highest BCUT2D eigenvalue weighted by Crippen LogP contribution is 2.33. The number of aliphatic hydroxyl groups is 1. The van der Waals surface area contributed by atoms with Crippen LogP contribution in [-0.2, 0) is 0 Å². The van der Waals surface area contributed by atoms with E-state index in [0.29, 0.717) is 6.04 Å². The van der Waals surface area contributed by atoms with Crippen molar-refractivity contribution < 1.29 is 5.11 Å². The summed E-state index contributed by atoms with van der Waals surface area (Å²) >= 11 is 1.76. The van der Waals surface area contributed by atoms with Gasteiger partial charge in [-0.3, -0.25) is 0 Å². The lowest BCUT2D eigenvalue weighted by atomic mass is 9.93. The third-order valence-electron chi connectivity index (χ3n) is 5.09. The van der Waals surface area contributed by atoms with E-state index in [1.165, 1.54) is 15.0 Å². The SMILES string of the molecule is O[C@H]1CC[C@H](Nc2ccc3ncc(-c4cc5ccccc5s4)n3n2)CC1. The molecule has 0 amide bonds. The zero-order valence-electron chi connectivity index (χ0n) is 14.3. The molecular weight excluding hydrogens is 344 g/mol. The second-order valence-corrected chi connectivity index (χ2v) is 8.01. The third kappa shape index (κ3) is 2.85. The van der Waals surface area contributed by atoms with E-state index in [1.807, 2.05) is 22.8 Å². The van der Waals surface area contributed by atoms with Crippen molar-refractivity contribution in [3.63, 3.8) is 0 Å². The monoisotopic (exact) mass is 364 g/mol. The summed E-state index contributed by atoms with van der Waals surface area (Å²) in [4.78, 5) is 5.68. The fourth-order valence-electron chi connectivity index (χ4n) is 3.66. The van der Waals surface area contributed by atoms with Crippen molar-refractivity contribution in [1.82, 2.24) is 14.6 Å². The molecule has 1 aliphatic rings. The molecule has 3 aromatic heterocycles. The Balaban J connectivity index is 1.49. The Morgan fingerprint density at radius 2 is 1.92 bits per heavy atom. The van der Waals surface area contributed by atoms with Crippen LogP contribution in [-0.4, -0.2) is 31.9 Å². The molecule has 0 bridgehead atoms. The Labute approximate surface area is 155 Å². The molecule has 1 aliphatic carbocycles. The Morgan fingerprint density at radius 1 is 1.08 bits per heavy atom. The molecule has 132 valence electrons. The molecule has 1 fully saturated rings. The first-order valence-corrected chi connectivity index (χ1v) is 9.86. The first-order valence-electron chi connectivity index (χ1n) is 9.04. The molecule has 0 unspecified atom stereocenters. The minimum atomic E-state index is -0.142. The molecule has 6 heteroatoms. The van der Waals surface area contributed by atoms with Gasteiger partial charge in [-0.15, -0.1) is 16.4 Å². The number of hydrogen-bond acceptors (Lipinski definition) is 5. The summed E-state index contributed by atoms with van der Waals surface area (Å²) in [5.41, 5.74) is 1.87. The molecule has 4 aromatic rings. The average Bonchev–Trinajstić information content (AvgIpc) is 3.26. The summed E-state index contributed by atoms with van der Waals surface area (Å²) in [7, 11) is 0. The van der Waals surface area contributed by atoms with Gasteiger partial charge in [-0.1, -0.05) is 18.2 Å². The predicted molar refractivity (Wildman–Crippen MR) is 106 cm³/mol. The van der Waals surface area contributed by atoms with Gasteiger partial charge >= 0.3 is 0 Å². The van der Waals surface area contributed by atoms with Crippen LogP contribution in [0, 0.1) is 0 Å². The van der Waals surface area contributed by atoms with Gasteiger partial charge in [0.25, 0.3) is 0 Å². The quantitative estimate of drug-likeness (QED) is 0.568. The van der Waals surface area contributed by atoms with Gasteiger partial charge < -0.3 is 10.4 Å². The minimum Gasteiger partial charge on any atom is -0.393 e. The zero-order valence-corrected chi connectivity index (χ0v) is 15.1.